The van der Waals surface area contributed by atoms with Crippen molar-refractivity contribution in [2.24, 2.45) is 5.92 Å². The average molecular weight is 300 g/mol. The molecular weight excluding hydrogens is 276 g/mol. The minimum Gasteiger partial charge on any atom is -0.493 e. The number of nitriles is 1. The fraction of sp³-hybridized carbons (Fsp3) is 0.556. The van der Waals surface area contributed by atoms with Crippen LogP contribution in [-0.2, 0) is 4.79 Å². The molecule has 1 fully saturated rings. The molecule has 1 saturated heterocycles. The first-order valence-corrected chi connectivity index (χ1v) is 8.01. The topological polar surface area (TPSA) is 53.3 Å². The van der Waals surface area contributed by atoms with Crippen molar-refractivity contribution >= 4 is 5.91 Å². The van der Waals surface area contributed by atoms with Crippen LogP contribution in [0.5, 0.6) is 5.75 Å². The molecule has 0 saturated carbocycles. The molecule has 4 nitrogen and oxygen atoms in total. The molecule has 1 unspecified atom stereocenters. The van der Waals surface area contributed by atoms with Crippen LogP contribution in [-0.4, -0.2) is 30.5 Å². The molecule has 0 radical (unpaired) electrons. The number of amides is 1. The molecule has 22 heavy (non-hydrogen) atoms. The van der Waals surface area contributed by atoms with E-state index in [9.17, 15) is 10.1 Å². The normalized spacial score (nSPS) is 15.4. The molecule has 4 heteroatoms. The number of nitrogens with zero attached hydrogens (tertiary/aromatic N) is 2. The van der Waals surface area contributed by atoms with E-state index in [0.29, 0.717) is 19.4 Å². The van der Waals surface area contributed by atoms with Gasteiger partial charge in [-0.1, -0.05) is 12.1 Å². The minimum atomic E-state index is -0.527. The molecule has 0 aromatic heterocycles. The molecule has 1 amide bonds. The summed E-state index contributed by atoms with van der Waals surface area (Å²) in [7, 11) is 0. The second kappa shape index (κ2) is 7.84. The second-order valence-corrected chi connectivity index (χ2v) is 5.90. The summed E-state index contributed by atoms with van der Waals surface area (Å²) in [5.41, 5.74) is 2.35. The van der Waals surface area contributed by atoms with Crippen molar-refractivity contribution in [3.8, 4) is 11.8 Å². The van der Waals surface area contributed by atoms with Gasteiger partial charge in [0.25, 0.3) is 0 Å². The zero-order valence-electron chi connectivity index (χ0n) is 13.5. The third-order valence-corrected chi connectivity index (χ3v) is 4.32. The van der Waals surface area contributed by atoms with Gasteiger partial charge in [-0.15, -0.1) is 0 Å². The van der Waals surface area contributed by atoms with Gasteiger partial charge in [0.2, 0.25) is 5.91 Å². The van der Waals surface area contributed by atoms with Gasteiger partial charge in [0.15, 0.2) is 0 Å². The molecule has 1 atom stereocenters. The molecule has 1 heterocycles. The number of likely N-dealkylation sites (tertiary alicyclic amines) is 1. The van der Waals surface area contributed by atoms with E-state index >= 15 is 0 Å². The van der Waals surface area contributed by atoms with Gasteiger partial charge >= 0.3 is 0 Å². The molecule has 1 aromatic carbocycles. The fourth-order valence-electron chi connectivity index (χ4n) is 2.75. The number of ether oxygens (including phenoxy) is 1. The van der Waals surface area contributed by atoms with E-state index in [-0.39, 0.29) is 5.91 Å². The van der Waals surface area contributed by atoms with Crippen molar-refractivity contribution in [2.45, 2.75) is 39.5 Å². The van der Waals surface area contributed by atoms with Crippen molar-refractivity contribution in [3.05, 3.63) is 29.3 Å². The maximum atomic E-state index is 12.2. The third-order valence-electron chi connectivity index (χ3n) is 4.32. The predicted octanol–water partition coefficient (Wildman–Crippen LogP) is 3.22. The van der Waals surface area contributed by atoms with Gasteiger partial charge in [-0.2, -0.15) is 5.26 Å². The molecule has 1 aliphatic heterocycles. The van der Waals surface area contributed by atoms with Gasteiger partial charge in [-0.3, -0.25) is 4.79 Å². The predicted molar refractivity (Wildman–Crippen MR) is 85.6 cm³/mol. The lowest BCUT2D eigenvalue weighted by molar-refractivity contribution is -0.132. The average Bonchev–Trinajstić information content (AvgIpc) is 3.05. The van der Waals surface area contributed by atoms with Gasteiger partial charge < -0.3 is 9.64 Å². The van der Waals surface area contributed by atoms with Crippen molar-refractivity contribution in [3.63, 3.8) is 0 Å². The van der Waals surface area contributed by atoms with Crippen molar-refractivity contribution in [1.82, 2.24) is 4.90 Å². The van der Waals surface area contributed by atoms with Crippen LogP contribution in [0.4, 0.5) is 0 Å². The summed E-state index contributed by atoms with van der Waals surface area (Å²) in [6.45, 7) is 6.24. The van der Waals surface area contributed by atoms with Crippen LogP contribution in [0.2, 0.25) is 0 Å². The quantitative estimate of drug-likeness (QED) is 0.758. The van der Waals surface area contributed by atoms with Crippen LogP contribution >= 0.6 is 0 Å². The highest BCUT2D eigenvalue weighted by Gasteiger charge is 2.25. The number of aryl methyl sites for hydroxylation is 1. The number of carbonyl (C=O) groups is 1. The van der Waals surface area contributed by atoms with Crippen LogP contribution in [0.25, 0.3) is 0 Å². The lowest BCUT2D eigenvalue weighted by atomic mass is 10.0. The third kappa shape index (κ3) is 4.00. The van der Waals surface area contributed by atoms with Crippen molar-refractivity contribution in [1.29, 1.82) is 5.26 Å². The smallest absolute Gasteiger partial charge is 0.239 e. The Hall–Kier alpha value is -2.02. The lowest BCUT2D eigenvalue weighted by Crippen LogP contribution is -2.33. The highest BCUT2D eigenvalue weighted by molar-refractivity contribution is 5.81. The van der Waals surface area contributed by atoms with E-state index in [1.807, 2.05) is 24.0 Å². The first-order valence-electron chi connectivity index (χ1n) is 8.01. The zero-order chi connectivity index (χ0) is 15.9. The van der Waals surface area contributed by atoms with Gasteiger partial charge in [-0.25, -0.2) is 0 Å². The van der Waals surface area contributed by atoms with Gasteiger partial charge in [0, 0.05) is 13.1 Å². The maximum absolute atomic E-state index is 12.2. The summed E-state index contributed by atoms with van der Waals surface area (Å²) >= 11 is 0. The molecule has 0 spiro atoms. The minimum absolute atomic E-state index is 0.00765. The van der Waals surface area contributed by atoms with Gasteiger partial charge in [0.05, 0.1) is 12.7 Å². The number of carbonyl (C=O) groups excluding carboxylic acids is 1. The van der Waals surface area contributed by atoms with Crippen molar-refractivity contribution in [2.75, 3.05) is 19.7 Å². The monoisotopic (exact) mass is 300 g/mol. The standard InChI is InChI=1S/C18H24N2O2/c1-14-7-5-9-17(15(14)2)22-12-6-8-16(13-19)18(21)20-10-3-4-11-20/h5,7,9,16H,3-4,6,8,10-12H2,1-2H3. The highest BCUT2D eigenvalue weighted by Crippen LogP contribution is 2.21. The molecule has 1 aromatic rings. The molecule has 1 aliphatic rings. The Morgan fingerprint density at radius 3 is 2.77 bits per heavy atom. The summed E-state index contributed by atoms with van der Waals surface area (Å²) in [4.78, 5) is 14.0. The number of hydrogen-bond donors (Lipinski definition) is 0. The number of benzene rings is 1. The van der Waals surface area contributed by atoms with Crippen LogP contribution in [0.1, 0.15) is 36.8 Å². The maximum Gasteiger partial charge on any atom is 0.239 e. The van der Waals surface area contributed by atoms with E-state index in [1.54, 1.807) is 0 Å². The summed E-state index contributed by atoms with van der Waals surface area (Å²) in [5, 5.41) is 9.22. The van der Waals surface area contributed by atoms with E-state index in [2.05, 4.69) is 19.1 Å². The molecule has 2 rings (SSSR count). The largest absolute Gasteiger partial charge is 0.493 e. The molecule has 0 N–H and O–H groups in total. The van der Waals surface area contributed by atoms with Gasteiger partial charge in [-0.05, 0) is 56.7 Å². The van der Waals surface area contributed by atoms with Crippen LogP contribution in [0.15, 0.2) is 18.2 Å². The Kier molecular flexibility index (Phi) is 5.83. The lowest BCUT2D eigenvalue weighted by Gasteiger charge is -2.18. The Morgan fingerprint density at radius 1 is 1.36 bits per heavy atom. The first-order chi connectivity index (χ1) is 10.6. The van der Waals surface area contributed by atoms with Crippen LogP contribution in [0.3, 0.4) is 0 Å². The van der Waals surface area contributed by atoms with E-state index in [4.69, 9.17) is 4.74 Å². The Labute approximate surface area is 132 Å². The van der Waals surface area contributed by atoms with E-state index < -0.39 is 5.92 Å². The Balaban J connectivity index is 1.78. The highest BCUT2D eigenvalue weighted by atomic mass is 16.5. The summed E-state index contributed by atoms with van der Waals surface area (Å²) in [6, 6.07) is 8.15. The summed E-state index contributed by atoms with van der Waals surface area (Å²) in [5.74, 6) is 0.353. The second-order valence-electron chi connectivity index (χ2n) is 5.90. The van der Waals surface area contributed by atoms with Crippen molar-refractivity contribution < 1.29 is 9.53 Å². The van der Waals surface area contributed by atoms with Gasteiger partial charge in [0.1, 0.15) is 11.7 Å². The fourth-order valence-corrected chi connectivity index (χ4v) is 2.75. The molecule has 0 bridgehead atoms. The molecule has 0 aliphatic carbocycles. The summed E-state index contributed by atoms with van der Waals surface area (Å²) in [6.07, 6.45) is 3.39. The Bertz CT molecular complexity index is 557. The SMILES string of the molecule is Cc1cccc(OCCCC(C#N)C(=O)N2CCCC2)c1C. The Morgan fingerprint density at radius 2 is 2.09 bits per heavy atom. The van der Waals surface area contributed by atoms with Crippen LogP contribution < -0.4 is 4.74 Å². The summed E-state index contributed by atoms with van der Waals surface area (Å²) < 4.78 is 5.78. The number of rotatable bonds is 6. The first kappa shape index (κ1) is 16.4. The number of hydrogen-bond acceptors (Lipinski definition) is 3. The molecular formula is C18H24N2O2. The molecule has 118 valence electrons. The van der Waals surface area contributed by atoms with E-state index in [1.165, 1.54) is 5.56 Å². The van der Waals surface area contributed by atoms with E-state index in [0.717, 1.165) is 37.2 Å². The van der Waals surface area contributed by atoms with Crippen LogP contribution in [0, 0.1) is 31.1 Å². The zero-order valence-corrected chi connectivity index (χ0v) is 13.5.